The molecule has 0 amide bonds. The van der Waals surface area contributed by atoms with E-state index in [2.05, 4.69) is 0 Å². The van der Waals surface area contributed by atoms with Crippen molar-refractivity contribution < 1.29 is 24.5 Å². The highest BCUT2D eigenvalue weighted by atomic mass is 16.5. The van der Waals surface area contributed by atoms with E-state index in [0.717, 1.165) is 0 Å². The van der Waals surface area contributed by atoms with Crippen molar-refractivity contribution >= 4 is 11.8 Å². The lowest BCUT2D eigenvalue weighted by atomic mass is 10.1. The van der Waals surface area contributed by atoms with Crippen LogP contribution in [0.5, 0.6) is 5.75 Å². The minimum atomic E-state index is -1.15. The van der Waals surface area contributed by atoms with Crippen LogP contribution in [0.3, 0.4) is 0 Å². The van der Waals surface area contributed by atoms with E-state index >= 15 is 0 Å². The van der Waals surface area contributed by atoms with Crippen LogP contribution in [0.2, 0.25) is 0 Å². The summed E-state index contributed by atoms with van der Waals surface area (Å²) in [5.74, 6) is -1.43. The smallest absolute Gasteiger partial charge is 0.335 e. The average molecular weight is 210 g/mol. The molecule has 0 heterocycles. The molecule has 0 radical (unpaired) electrons. The van der Waals surface area contributed by atoms with E-state index in [1.807, 2.05) is 0 Å². The minimum Gasteiger partial charge on any atom is -0.497 e. The number of aliphatic hydroxyl groups is 1. The quantitative estimate of drug-likeness (QED) is 0.709. The molecule has 0 aliphatic carbocycles. The highest BCUT2D eigenvalue weighted by Gasteiger charge is 2.11. The maximum Gasteiger partial charge on any atom is 0.335 e. The number of hydrogen-bond acceptors (Lipinski definition) is 4. The summed E-state index contributed by atoms with van der Waals surface area (Å²) >= 11 is 0. The molecular formula is C10H10O5. The zero-order chi connectivity index (χ0) is 11.4. The summed E-state index contributed by atoms with van der Waals surface area (Å²) in [5.41, 5.74) is 0.0698. The lowest BCUT2D eigenvalue weighted by Gasteiger charge is -2.04. The fraction of sp³-hybridized carbons (Fsp3) is 0.200. The van der Waals surface area contributed by atoms with Crippen molar-refractivity contribution in [3.05, 3.63) is 29.3 Å². The van der Waals surface area contributed by atoms with Gasteiger partial charge in [0.25, 0.3) is 0 Å². The molecule has 0 saturated carbocycles. The topological polar surface area (TPSA) is 83.8 Å². The number of ketones is 1. The van der Waals surface area contributed by atoms with Crippen LogP contribution < -0.4 is 4.74 Å². The number of carbonyl (C=O) groups excluding carboxylic acids is 1. The fourth-order valence-corrected chi connectivity index (χ4v) is 1.09. The normalized spacial score (nSPS) is 9.73. The number of carboxylic acid groups (broad SMARTS) is 1. The SMILES string of the molecule is COc1cc(C(=O)O)cc(C(=O)CO)c1. The van der Waals surface area contributed by atoms with Gasteiger partial charge < -0.3 is 14.9 Å². The zero-order valence-electron chi connectivity index (χ0n) is 8.06. The van der Waals surface area contributed by atoms with Crippen LogP contribution in [0.4, 0.5) is 0 Å². The largest absolute Gasteiger partial charge is 0.497 e. The summed E-state index contributed by atoms with van der Waals surface area (Å²) in [5, 5.41) is 17.4. The second-order valence-corrected chi connectivity index (χ2v) is 2.84. The maximum atomic E-state index is 11.2. The molecule has 0 unspecified atom stereocenters. The molecule has 1 rings (SSSR count). The Morgan fingerprint density at radius 2 is 1.87 bits per heavy atom. The van der Waals surface area contributed by atoms with E-state index in [9.17, 15) is 9.59 Å². The Hall–Kier alpha value is -1.88. The number of carboxylic acids is 1. The van der Waals surface area contributed by atoms with E-state index in [-0.39, 0.29) is 16.9 Å². The van der Waals surface area contributed by atoms with Gasteiger partial charge in [0.15, 0.2) is 5.78 Å². The molecular weight excluding hydrogens is 200 g/mol. The van der Waals surface area contributed by atoms with Crippen LogP contribution in [0, 0.1) is 0 Å². The van der Waals surface area contributed by atoms with Gasteiger partial charge in [-0.2, -0.15) is 0 Å². The number of benzene rings is 1. The molecule has 1 aromatic carbocycles. The van der Waals surface area contributed by atoms with Crippen molar-refractivity contribution in [1.82, 2.24) is 0 Å². The van der Waals surface area contributed by atoms with Gasteiger partial charge in [0.2, 0.25) is 0 Å². The van der Waals surface area contributed by atoms with Crippen LogP contribution >= 0.6 is 0 Å². The summed E-state index contributed by atoms with van der Waals surface area (Å²) < 4.78 is 4.84. The lowest BCUT2D eigenvalue weighted by molar-refractivity contribution is 0.0696. The van der Waals surface area contributed by atoms with Crippen LogP contribution in [-0.2, 0) is 0 Å². The van der Waals surface area contributed by atoms with Crippen LogP contribution in [0.1, 0.15) is 20.7 Å². The maximum absolute atomic E-state index is 11.2. The number of hydrogen-bond donors (Lipinski definition) is 2. The van der Waals surface area contributed by atoms with Crippen molar-refractivity contribution in [1.29, 1.82) is 0 Å². The second-order valence-electron chi connectivity index (χ2n) is 2.84. The lowest BCUT2D eigenvalue weighted by Crippen LogP contribution is -2.07. The minimum absolute atomic E-state index is 0.0499. The summed E-state index contributed by atoms with van der Waals surface area (Å²) in [4.78, 5) is 21.9. The number of aromatic carboxylic acids is 1. The second kappa shape index (κ2) is 4.56. The number of methoxy groups -OCH3 is 1. The first-order chi connectivity index (χ1) is 7.08. The summed E-state index contributed by atoms with van der Waals surface area (Å²) in [6.07, 6.45) is 0. The molecule has 1 aromatic rings. The van der Waals surface area contributed by atoms with Crippen molar-refractivity contribution in [2.45, 2.75) is 0 Å². The van der Waals surface area contributed by atoms with Gasteiger partial charge in [0.1, 0.15) is 12.4 Å². The van der Waals surface area contributed by atoms with Gasteiger partial charge in [0, 0.05) is 5.56 Å². The Morgan fingerprint density at radius 1 is 1.27 bits per heavy atom. The van der Waals surface area contributed by atoms with E-state index in [4.69, 9.17) is 14.9 Å². The highest BCUT2D eigenvalue weighted by molar-refractivity contribution is 6.00. The number of rotatable bonds is 4. The number of carbonyl (C=O) groups is 2. The molecule has 0 aromatic heterocycles. The Kier molecular flexibility index (Phi) is 3.41. The van der Waals surface area contributed by atoms with Gasteiger partial charge in [-0.3, -0.25) is 4.79 Å². The molecule has 0 atom stereocenters. The van der Waals surface area contributed by atoms with Gasteiger partial charge in [0.05, 0.1) is 12.7 Å². The van der Waals surface area contributed by atoms with Gasteiger partial charge in [-0.25, -0.2) is 4.79 Å². The molecule has 0 spiro atoms. The van der Waals surface area contributed by atoms with E-state index in [0.29, 0.717) is 0 Å². The Morgan fingerprint density at radius 3 is 2.33 bits per heavy atom. The average Bonchev–Trinajstić information content (AvgIpc) is 2.27. The van der Waals surface area contributed by atoms with Gasteiger partial charge in [-0.05, 0) is 18.2 Å². The first-order valence-corrected chi connectivity index (χ1v) is 4.15. The summed E-state index contributed by atoms with van der Waals surface area (Å²) in [6, 6.07) is 3.88. The highest BCUT2D eigenvalue weighted by Crippen LogP contribution is 2.17. The predicted octanol–water partition coefficient (Wildman–Crippen LogP) is 0.568. The molecule has 15 heavy (non-hydrogen) atoms. The Bertz CT molecular complexity index is 397. The Labute approximate surface area is 85.9 Å². The molecule has 0 fully saturated rings. The molecule has 0 bridgehead atoms. The van der Waals surface area contributed by atoms with Gasteiger partial charge in [-0.15, -0.1) is 0 Å². The fourth-order valence-electron chi connectivity index (χ4n) is 1.09. The third-order valence-electron chi connectivity index (χ3n) is 1.85. The van der Waals surface area contributed by atoms with E-state index in [1.165, 1.54) is 25.3 Å². The van der Waals surface area contributed by atoms with Crippen molar-refractivity contribution in [3.8, 4) is 5.75 Å². The van der Waals surface area contributed by atoms with Crippen LogP contribution in [0.15, 0.2) is 18.2 Å². The number of aliphatic hydroxyl groups excluding tert-OH is 1. The van der Waals surface area contributed by atoms with Crippen molar-refractivity contribution in [3.63, 3.8) is 0 Å². The predicted molar refractivity (Wildman–Crippen MR) is 51.4 cm³/mol. The molecule has 80 valence electrons. The molecule has 0 saturated heterocycles. The monoisotopic (exact) mass is 210 g/mol. The van der Waals surface area contributed by atoms with E-state index < -0.39 is 18.4 Å². The van der Waals surface area contributed by atoms with Crippen LogP contribution in [-0.4, -0.2) is 35.7 Å². The molecule has 5 nitrogen and oxygen atoms in total. The first kappa shape index (κ1) is 11.2. The Balaban J connectivity index is 3.23. The summed E-state index contributed by atoms with van der Waals surface area (Å²) in [7, 11) is 1.37. The number of Topliss-reactive ketones (excluding diaryl/α,β-unsaturated/α-hetero) is 1. The van der Waals surface area contributed by atoms with Gasteiger partial charge >= 0.3 is 5.97 Å². The van der Waals surface area contributed by atoms with Crippen molar-refractivity contribution in [2.75, 3.05) is 13.7 Å². The molecule has 5 heteroatoms. The standard InChI is InChI=1S/C10H10O5/c1-15-8-3-6(9(12)5-11)2-7(4-8)10(13)14/h2-4,11H,5H2,1H3,(H,13,14). The first-order valence-electron chi connectivity index (χ1n) is 4.15. The number of ether oxygens (including phenoxy) is 1. The summed E-state index contributed by atoms with van der Waals surface area (Å²) in [6.45, 7) is -0.660. The third-order valence-corrected chi connectivity index (χ3v) is 1.85. The van der Waals surface area contributed by atoms with E-state index in [1.54, 1.807) is 0 Å². The molecule has 0 aliphatic heterocycles. The molecule has 0 aliphatic rings. The molecule has 2 N–H and O–H groups in total. The van der Waals surface area contributed by atoms with Gasteiger partial charge in [-0.1, -0.05) is 0 Å². The third kappa shape index (κ3) is 2.54. The van der Waals surface area contributed by atoms with Crippen LogP contribution in [0.25, 0.3) is 0 Å². The zero-order valence-corrected chi connectivity index (χ0v) is 8.06. The van der Waals surface area contributed by atoms with Crippen molar-refractivity contribution in [2.24, 2.45) is 0 Å².